The highest BCUT2D eigenvalue weighted by molar-refractivity contribution is 7.12. The molecule has 2 atom stereocenters. The number of piperidine rings is 1. The Labute approximate surface area is 181 Å². The van der Waals surface area contributed by atoms with Gasteiger partial charge >= 0.3 is 0 Å². The van der Waals surface area contributed by atoms with Crippen LogP contribution in [0.15, 0.2) is 18.3 Å². The first kappa shape index (κ1) is 19.9. The molecular formula is C22H30N6OS. The lowest BCUT2D eigenvalue weighted by Gasteiger charge is -2.47. The summed E-state index contributed by atoms with van der Waals surface area (Å²) < 4.78 is 8.35. The second kappa shape index (κ2) is 7.90. The highest BCUT2D eigenvalue weighted by atomic mass is 32.1. The van der Waals surface area contributed by atoms with Gasteiger partial charge in [-0.1, -0.05) is 12.1 Å². The first-order valence-electron chi connectivity index (χ1n) is 10.9. The lowest BCUT2D eigenvalue weighted by atomic mass is 9.79. The molecule has 0 aromatic carbocycles. The summed E-state index contributed by atoms with van der Waals surface area (Å²) in [7, 11) is 0. The fraction of sp³-hybridized carbons (Fsp3) is 0.591. The summed E-state index contributed by atoms with van der Waals surface area (Å²) in [5.74, 6) is 0. The smallest absolute Gasteiger partial charge is 0.0969 e. The van der Waals surface area contributed by atoms with E-state index in [1.165, 1.54) is 10.4 Å². The lowest BCUT2D eigenvalue weighted by molar-refractivity contribution is -0.112. The molecule has 2 aliphatic heterocycles. The molecular weight excluding hydrogens is 396 g/mol. The zero-order valence-corrected chi connectivity index (χ0v) is 18.8. The zero-order valence-electron chi connectivity index (χ0n) is 18.0. The quantitative estimate of drug-likeness (QED) is 0.677. The van der Waals surface area contributed by atoms with Crippen LogP contribution in [0.4, 0.5) is 0 Å². The Kier molecular flexibility index (Phi) is 5.24. The van der Waals surface area contributed by atoms with Gasteiger partial charge in [0, 0.05) is 35.3 Å². The van der Waals surface area contributed by atoms with E-state index in [0.29, 0.717) is 12.6 Å². The van der Waals surface area contributed by atoms with Gasteiger partial charge in [0.2, 0.25) is 0 Å². The third kappa shape index (κ3) is 3.72. The Bertz CT molecular complexity index is 1020. The van der Waals surface area contributed by atoms with Crippen LogP contribution in [-0.4, -0.2) is 49.3 Å². The first-order chi connectivity index (χ1) is 14.5. The summed E-state index contributed by atoms with van der Waals surface area (Å²) in [6.45, 7) is 9.92. The van der Waals surface area contributed by atoms with Crippen LogP contribution < -0.4 is 0 Å². The number of nitrogens with one attached hydrogen (secondary N) is 1. The maximum atomic E-state index is 6.47. The average molecular weight is 427 g/mol. The van der Waals surface area contributed by atoms with Crippen molar-refractivity contribution in [3.63, 3.8) is 0 Å². The van der Waals surface area contributed by atoms with E-state index in [2.05, 4.69) is 51.5 Å². The third-order valence-corrected chi connectivity index (χ3v) is 7.84. The predicted octanol–water partition coefficient (Wildman–Crippen LogP) is 3.43. The van der Waals surface area contributed by atoms with Crippen molar-refractivity contribution in [2.24, 2.45) is 0 Å². The van der Waals surface area contributed by atoms with Crippen LogP contribution in [0.5, 0.6) is 0 Å². The molecule has 30 heavy (non-hydrogen) atoms. The van der Waals surface area contributed by atoms with Crippen molar-refractivity contribution in [1.29, 1.82) is 0 Å². The van der Waals surface area contributed by atoms with Crippen molar-refractivity contribution in [1.82, 2.24) is 30.1 Å². The summed E-state index contributed by atoms with van der Waals surface area (Å²) in [4.78, 5) is 5.56. The topological polar surface area (TPSA) is 71.9 Å². The van der Waals surface area contributed by atoms with Gasteiger partial charge in [0.25, 0.3) is 0 Å². The minimum absolute atomic E-state index is 0.0937. The number of fused-ring (bicyclic) bond motifs is 2. The van der Waals surface area contributed by atoms with E-state index >= 15 is 0 Å². The molecule has 0 radical (unpaired) electrons. The van der Waals surface area contributed by atoms with Gasteiger partial charge in [0.1, 0.15) is 0 Å². The number of likely N-dealkylation sites (tertiary alicyclic amines) is 1. The van der Waals surface area contributed by atoms with Crippen LogP contribution in [0.3, 0.4) is 0 Å². The number of H-pyrrole nitrogens is 1. The van der Waals surface area contributed by atoms with Crippen LogP contribution >= 0.6 is 11.3 Å². The Morgan fingerprint density at radius 2 is 2.23 bits per heavy atom. The van der Waals surface area contributed by atoms with E-state index in [1.54, 1.807) is 4.88 Å². The van der Waals surface area contributed by atoms with E-state index in [1.807, 2.05) is 29.0 Å². The van der Waals surface area contributed by atoms with Gasteiger partial charge in [-0.2, -0.15) is 5.10 Å². The van der Waals surface area contributed by atoms with Crippen LogP contribution in [0.25, 0.3) is 0 Å². The number of hydrogen-bond acceptors (Lipinski definition) is 6. The van der Waals surface area contributed by atoms with Crippen LogP contribution in [0, 0.1) is 6.92 Å². The number of rotatable bonds is 5. The van der Waals surface area contributed by atoms with E-state index in [4.69, 9.17) is 4.74 Å². The fourth-order valence-electron chi connectivity index (χ4n) is 4.94. The Hall–Kier alpha value is -2.03. The van der Waals surface area contributed by atoms with Gasteiger partial charge in [0.05, 0.1) is 42.0 Å². The van der Waals surface area contributed by atoms with Crippen LogP contribution in [-0.2, 0) is 36.3 Å². The van der Waals surface area contributed by atoms with Gasteiger partial charge in [-0.25, -0.2) is 4.68 Å². The molecule has 0 amide bonds. The molecule has 3 aromatic rings. The molecule has 1 N–H and O–H groups in total. The van der Waals surface area contributed by atoms with Crippen molar-refractivity contribution in [3.05, 3.63) is 50.7 Å². The molecule has 8 heteroatoms. The van der Waals surface area contributed by atoms with E-state index in [0.717, 1.165) is 62.5 Å². The van der Waals surface area contributed by atoms with Crippen LogP contribution in [0.1, 0.15) is 59.1 Å². The molecule has 5 heterocycles. The zero-order chi connectivity index (χ0) is 20.7. The predicted molar refractivity (Wildman–Crippen MR) is 117 cm³/mol. The van der Waals surface area contributed by atoms with E-state index in [-0.39, 0.29) is 5.60 Å². The summed E-state index contributed by atoms with van der Waals surface area (Å²) >= 11 is 1.99. The fourth-order valence-corrected chi connectivity index (χ4v) is 6.12. The highest BCUT2D eigenvalue weighted by Crippen LogP contribution is 2.46. The number of aromatic amines is 1. The number of thiophene rings is 1. The molecule has 0 bridgehead atoms. The maximum absolute atomic E-state index is 6.47. The Morgan fingerprint density at radius 3 is 3.00 bits per heavy atom. The van der Waals surface area contributed by atoms with Crippen LogP contribution in [0.2, 0.25) is 0 Å². The summed E-state index contributed by atoms with van der Waals surface area (Å²) in [5.41, 5.74) is 4.44. The largest absolute Gasteiger partial charge is 0.370 e. The van der Waals surface area contributed by atoms with E-state index in [9.17, 15) is 0 Å². The highest BCUT2D eigenvalue weighted by Gasteiger charge is 2.44. The molecule has 1 saturated heterocycles. The van der Waals surface area contributed by atoms with Crippen molar-refractivity contribution >= 4 is 11.3 Å². The third-order valence-electron chi connectivity index (χ3n) is 6.50. The van der Waals surface area contributed by atoms with Crippen molar-refractivity contribution in [3.8, 4) is 0 Å². The molecule has 0 aliphatic carbocycles. The summed E-state index contributed by atoms with van der Waals surface area (Å²) in [6, 6.07) is 4.90. The molecule has 2 aliphatic rings. The normalized spacial score (nSPS) is 24.4. The Morgan fingerprint density at radius 1 is 1.33 bits per heavy atom. The maximum Gasteiger partial charge on any atom is 0.0969 e. The molecule has 7 nitrogen and oxygen atoms in total. The standard InChI is InChI=1S/C22H30N6OS/c1-4-19-10-20-21(30-19)5-8-29-22(20)6-7-27(16(3)11-22)12-18-14-28(26-25-18)13-17-9-15(2)23-24-17/h9-10,14,16H,4-8,11-13H2,1-3H3,(H,23,24)/t16-,22+/m0/s1. The number of aromatic nitrogens is 5. The Balaban J connectivity index is 1.26. The summed E-state index contributed by atoms with van der Waals surface area (Å²) in [5, 5.41) is 15.9. The molecule has 160 valence electrons. The minimum Gasteiger partial charge on any atom is -0.370 e. The monoisotopic (exact) mass is 426 g/mol. The molecule has 0 unspecified atom stereocenters. The number of nitrogens with zero attached hydrogens (tertiary/aromatic N) is 5. The number of ether oxygens (including phenoxy) is 1. The SMILES string of the molecule is CCc1cc2c(s1)CCO[C@@]21CCN(Cc2cn(Cc3cc(C)n[nH]3)nn2)[C@@H](C)C1. The summed E-state index contributed by atoms with van der Waals surface area (Å²) in [6.07, 6.45) is 6.32. The first-order valence-corrected chi connectivity index (χ1v) is 11.8. The molecule has 5 rings (SSSR count). The second-order valence-electron chi connectivity index (χ2n) is 8.71. The van der Waals surface area contributed by atoms with E-state index < -0.39 is 0 Å². The lowest BCUT2D eigenvalue weighted by Crippen LogP contribution is -2.50. The molecule has 1 fully saturated rings. The van der Waals surface area contributed by atoms with Gasteiger partial charge in [-0.3, -0.25) is 10.00 Å². The van der Waals surface area contributed by atoms with Crippen molar-refractivity contribution in [2.45, 2.75) is 71.2 Å². The minimum atomic E-state index is -0.0937. The molecule has 0 saturated carbocycles. The molecule has 3 aromatic heterocycles. The number of aryl methyl sites for hydroxylation is 2. The van der Waals surface area contributed by atoms with Gasteiger partial charge in [-0.05, 0) is 50.8 Å². The van der Waals surface area contributed by atoms with Crippen molar-refractivity contribution < 1.29 is 4.74 Å². The molecule has 1 spiro atoms. The van der Waals surface area contributed by atoms with Crippen molar-refractivity contribution in [2.75, 3.05) is 13.2 Å². The van der Waals surface area contributed by atoms with Gasteiger partial charge in [0.15, 0.2) is 0 Å². The average Bonchev–Trinajstić information content (AvgIpc) is 3.45. The van der Waals surface area contributed by atoms with Gasteiger partial charge in [-0.15, -0.1) is 16.4 Å². The number of hydrogen-bond donors (Lipinski definition) is 1. The second-order valence-corrected chi connectivity index (χ2v) is 9.93. The van der Waals surface area contributed by atoms with Gasteiger partial charge < -0.3 is 4.74 Å².